The Bertz CT molecular complexity index is 942. The van der Waals surface area contributed by atoms with E-state index in [1.165, 1.54) is 0 Å². The molecule has 3 aromatic rings. The van der Waals surface area contributed by atoms with Crippen molar-refractivity contribution in [1.82, 2.24) is 24.8 Å². The molecule has 2 aromatic heterocycles. The van der Waals surface area contributed by atoms with Crippen molar-refractivity contribution in [2.75, 3.05) is 6.54 Å². The second kappa shape index (κ2) is 6.55. The molecule has 0 radical (unpaired) electrons. The molecule has 0 spiro atoms. The van der Waals surface area contributed by atoms with Gasteiger partial charge in [-0.3, -0.25) is 4.79 Å². The first-order chi connectivity index (χ1) is 12.5. The van der Waals surface area contributed by atoms with Crippen LogP contribution >= 0.6 is 0 Å². The van der Waals surface area contributed by atoms with Crippen LogP contribution in [0.2, 0.25) is 0 Å². The number of nitrogens with zero attached hydrogens (tertiary/aromatic N) is 5. The number of rotatable bonds is 4. The van der Waals surface area contributed by atoms with Crippen molar-refractivity contribution in [2.45, 2.75) is 46.2 Å². The minimum absolute atomic E-state index is 0.0460. The van der Waals surface area contributed by atoms with Crippen LogP contribution < -0.4 is 0 Å². The molecule has 0 aliphatic carbocycles. The van der Waals surface area contributed by atoms with E-state index in [4.69, 9.17) is 4.52 Å². The number of hydrogen-bond acceptors (Lipinski definition) is 5. The largest absolute Gasteiger partial charge is 0.356 e. The maximum absolute atomic E-state index is 12.9. The number of amides is 1. The Morgan fingerprint density at radius 3 is 2.92 bits per heavy atom. The maximum Gasteiger partial charge on any atom is 0.229 e. The summed E-state index contributed by atoms with van der Waals surface area (Å²) >= 11 is 0. The number of aryl methyl sites for hydroxylation is 1. The van der Waals surface area contributed by atoms with Crippen molar-refractivity contribution >= 4 is 16.9 Å². The van der Waals surface area contributed by atoms with Crippen LogP contribution in [0.25, 0.3) is 11.0 Å². The lowest BCUT2D eigenvalue weighted by atomic mass is 10.0. The molecular formula is C19H23N5O2. The van der Waals surface area contributed by atoms with Gasteiger partial charge in [0.25, 0.3) is 0 Å². The lowest BCUT2D eigenvalue weighted by molar-refractivity contribution is -0.132. The second-order valence-corrected chi connectivity index (χ2v) is 7.39. The highest BCUT2D eigenvalue weighted by Gasteiger charge is 2.31. The predicted octanol–water partition coefficient (Wildman–Crippen LogP) is 2.90. The van der Waals surface area contributed by atoms with Crippen molar-refractivity contribution in [3.63, 3.8) is 0 Å². The van der Waals surface area contributed by atoms with Crippen molar-refractivity contribution < 1.29 is 9.32 Å². The summed E-state index contributed by atoms with van der Waals surface area (Å²) in [7, 11) is 0. The third-order valence-corrected chi connectivity index (χ3v) is 4.93. The van der Waals surface area contributed by atoms with Crippen LogP contribution in [0, 0.1) is 12.8 Å². The van der Waals surface area contributed by atoms with Gasteiger partial charge < -0.3 is 14.0 Å². The molecule has 0 bridgehead atoms. The van der Waals surface area contributed by atoms with Gasteiger partial charge in [-0.05, 0) is 31.4 Å². The number of carbonyl (C=O) groups is 1. The summed E-state index contributed by atoms with van der Waals surface area (Å²) < 4.78 is 7.51. The lowest BCUT2D eigenvalue weighted by Crippen LogP contribution is -2.42. The molecule has 1 amide bonds. The molecule has 1 atom stereocenters. The van der Waals surface area contributed by atoms with E-state index in [2.05, 4.69) is 33.8 Å². The average Bonchev–Trinajstić information content (AvgIpc) is 3.19. The third kappa shape index (κ3) is 2.98. The Kier molecular flexibility index (Phi) is 4.22. The summed E-state index contributed by atoms with van der Waals surface area (Å²) in [5.74, 6) is 2.35. The Hall–Kier alpha value is -2.70. The number of carbonyl (C=O) groups excluding carboxylic acids is 1. The molecular weight excluding hydrogens is 330 g/mol. The normalized spacial score (nSPS) is 17.1. The molecule has 0 saturated heterocycles. The van der Waals surface area contributed by atoms with Gasteiger partial charge in [0, 0.05) is 11.9 Å². The van der Waals surface area contributed by atoms with Crippen LogP contribution in [0.5, 0.6) is 0 Å². The van der Waals surface area contributed by atoms with Gasteiger partial charge in [-0.15, -0.1) is 10.2 Å². The molecule has 0 fully saturated rings. The summed E-state index contributed by atoms with van der Waals surface area (Å²) in [6.45, 7) is 7.54. The van der Waals surface area contributed by atoms with Crippen LogP contribution in [0.15, 0.2) is 28.8 Å². The third-order valence-electron chi connectivity index (χ3n) is 4.93. The minimum Gasteiger partial charge on any atom is -0.356 e. The molecule has 136 valence electrons. The fraction of sp³-hybridized carbons (Fsp3) is 0.474. The quantitative estimate of drug-likeness (QED) is 0.721. The van der Waals surface area contributed by atoms with Gasteiger partial charge in [-0.2, -0.15) is 0 Å². The zero-order chi connectivity index (χ0) is 18.3. The van der Waals surface area contributed by atoms with Crippen molar-refractivity contribution in [2.24, 2.45) is 5.92 Å². The van der Waals surface area contributed by atoms with Crippen molar-refractivity contribution in [3.8, 4) is 0 Å². The standard InChI is InChI=1S/C19H23N5O2/c1-12(2)8-14-10-23(11-18-21-20-13(3)24(14)18)19(25)9-16-15-6-4-5-7-17(15)26-22-16/h4-7,12,14H,8-11H2,1-3H3/t14-/m0/s1. The molecule has 0 unspecified atom stereocenters. The number of fused-ring (bicyclic) bond motifs is 2. The Morgan fingerprint density at radius 2 is 2.12 bits per heavy atom. The van der Waals surface area contributed by atoms with E-state index in [9.17, 15) is 4.79 Å². The van der Waals surface area contributed by atoms with Crippen LogP contribution in [-0.4, -0.2) is 37.3 Å². The fourth-order valence-electron chi connectivity index (χ4n) is 3.80. The van der Waals surface area contributed by atoms with E-state index in [1.54, 1.807) is 0 Å². The monoisotopic (exact) mass is 353 g/mol. The minimum atomic E-state index is 0.0460. The summed E-state index contributed by atoms with van der Waals surface area (Å²) in [4.78, 5) is 14.8. The summed E-state index contributed by atoms with van der Waals surface area (Å²) in [6.07, 6.45) is 1.22. The highest BCUT2D eigenvalue weighted by Crippen LogP contribution is 2.28. The Labute approximate surface area is 152 Å². The van der Waals surface area contributed by atoms with E-state index in [-0.39, 0.29) is 18.4 Å². The molecule has 26 heavy (non-hydrogen) atoms. The zero-order valence-electron chi connectivity index (χ0n) is 15.3. The maximum atomic E-state index is 12.9. The van der Waals surface area contributed by atoms with Gasteiger partial charge in [0.1, 0.15) is 11.5 Å². The smallest absolute Gasteiger partial charge is 0.229 e. The van der Waals surface area contributed by atoms with Gasteiger partial charge in [0.2, 0.25) is 5.91 Å². The van der Waals surface area contributed by atoms with Crippen molar-refractivity contribution in [3.05, 3.63) is 41.6 Å². The highest BCUT2D eigenvalue weighted by atomic mass is 16.5. The average molecular weight is 353 g/mol. The zero-order valence-corrected chi connectivity index (χ0v) is 15.3. The van der Waals surface area contributed by atoms with Crippen LogP contribution in [0.3, 0.4) is 0 Å². The van der Waals surface area contributed by atoms with Gasteiger partial charge in [-0.25, -0.2) is 0 Å². The van der Waals surface area contributed by atoms with Gasteiger partial charge >= 0.3 is 0 Å². The Balaban J connectivity index is 1.56. The number of aromatic nitrogens is 4. The molecule has 0 saturated carbocycles. The van der Waals surface area contributed by atoms with Crippen LogP contribution in [-0.2, 0) is 17.8 Å². The molecule has 0 N–H and O–H groups in total. The predicted molar refractivity (Wildman–Crippen MR) is 96.4 cm³/mol. The lowest BCUT2D eigenvalue weighted by Gasteiger charge is -2.35. The fourth-order valence-corrected chi connectivity index (χ4v) is 3.80. The molecule has 7 heteroatoms. The molecule has 1 aromatic carbocycles. The molecule has 4 rings (SSSR count). The molecule has 1 aliphatic rings. The first-order valence-corrected chi connectivity index (χ1v) is 9.04. The van der Waals surface area contributed by atoms with E-state index in [0.29, 0.717) is 30.3 Å². The molecule has 3 heterocycles. The Morgan fingerprint density at radius 1 is 1.31 bits per heavy atom. The van der Waals surface area contributed by atoms with E-state index >= 15 is 0 Å². The molecule has 1 aliphatic heterocycles. The van der Waals surface area contributed by atoms with Crippen LogP contribution in [0.4, 0.5) is 0 Å². The second-order valence-electron chi connectivity index (χ2n) is 7.39. The molecule has 7 nitrogen and oxygen atoms in total. The number of para-hydroxylation sites is 1. The highest BCUT2D eigenvalue weighted by molar-refractivity contribution is 5.86. The summed E-state index contributed by atoms with van der Waals surface area (Å²) in [6, 6.07) is 7.84. The topological polar surface area (TPSA) is 77.1 Å². The van der Waals surface area contributed by atoms with E-state index in [1.807, 2.05) is 36.1 Å². The SMILES string of the molecule is Cc1nnc2n1[C@@H](CC(C)C)CN(C(=O)Cc1noc3ccccc13)C2. The van der Waals surface area contributed by atoms with Gasteiger partial charge in [-0.1, -0.05) is 31.1 Å². The number of benzene rings is 1. The first-order valence-electron chi connectivity index (χ1n) is 9.04. The van der Waals surface area contributed by atoms with Gasteiger partial charge in [0.05, 0.1) is 19.0 Å². The van der Waals surface area contributed by atoms with Gasteiger partial charge in [0.15, 0.2) is 11.4 Å². The van der Waals surface area contributed by atoms with E-state index in [0.717, 1.165) is 23.5 Å². The number of hydrogen-bond donors (Lipinski definition) is 0. The van der Waals surface area contributed by atoms with E-state index < -0.39 is 0 Å². The first kappa shape index (κ1) is 16.8. The summed E-state index contributed by atoms with van der Waals surface area (Å²) in [5, 5.41) is 13.5. The van der Waals surface area contributed by atoms with Crippen LogP contribution in [0.1, 0.15) is 43.7 Å². The van der Waals surface area contributed by atoms with Crippen molar-refractivity contribution in [1.29, 1.82) is 0 Å². The summed E-state index contributed by atoms with van der Waals surface area (Å²) in [5.41, 5.74) is 1.40.